The monoisotopic (exact) mass is 1960 g/mol. The minimum Gasteiger partial charge on any atom is -0.495 e. The van der Waals surface area contributed by atoms with Crippen LogP contribution < -0.4 is 37.1 Å². The van der Waals surface area contributed by atoms with E-state index in [1.54, 1.807) is 121 Å². The van der Waals surface area contributed by atoms with E-state index in [2.05, 4.69) is 84.6 Å². The number of nitrogens with two attached hydrogens (primary N) is 4. The largest absolute Gasteiger partial charge is 0.495 e. The summed E-state index contributed by atoms with van der Waals surface area (Å²) in [7, 11) is -10.8. The van der Waals surface area contributed by atoms with Crippen molar-refractivity contribution in [2.75, 3.05) is 57.7 Å². The molecule has 20 rings (SSSR count). The lowest BCUT2D eigenvalue weighted by atomic mass is 9.90. The van der Waals surface area contributed by atoms with Crippen LogP contribution in [0.2, 0.25) is 0 Å². The van der Waals surface area contributed by atoms with Crippen molar-refractivity contribution < 1.29 is 74.2 Å². The highest BCUT2D eigenvalue weighted by Gasteiger charge is 2.65. The molecule has 0 spiro atoms. The van der Waals surface area contributed by atoms with Crippen molar-refractivity contribution in [3.63, 3.8) is 0 Å². The molecule has 10 aromatic heterocycles. The van der Waals surface area contributed by atoms with Crippen molar-refractivity contribution in [2.45, 2.75) is 160 Å². The van der Waals surface area contributed by atoms with Gasteiger partial charge < -0.3 is 37.1 Å². The molecule has 14 heterocycles. The Labute approximate surface area is 792 Å². The van der Waals surface area contributed by atoms with Gasteiger partial charge in [-0.25, -0.2) is 84.8 Å². The van der Waals surface area contributed by atoms with Crippen LogP contribution in [0.5, 0.6) is 17.4 Å². The van der Waals surface area contributed by atoms with Gasteiger partial charge in [0.05, 0.1) is 133 Å². The molecule has 0 bridgehead atoms. The molecule has 42 heteroatoms. The molecule has 0 radical (unpaired) electrons. The van der Waals surface area contributed by atoms with Crippen LogP contribution >= 0.6 is 0 Å². The molecule has 138 heavy (non-hydrogen) atoms. The number of hydrogen-bond acceptors (Lipinski definition) is 31. The minimum absolute atomic E-state index is 0.00107. The van der Waals surface area contributed by atoms with Gasteiger partial charge in [-0.1, -0.05) is 24.3 Å². The number of aliphatic imine (C=N–C) groups is 4. The van der Waals surface area contributed by atoms with Crippen LogP contribution in [0, 0.1) is 53.5 Å². The van der Waals surface area contributed by atoms with Crippen molar-refractivity contribution in [3.8, 4) is 17.4 Å². The summed E-state index contributed by atoms with van der Waals surface area (Å²) in [5.41, 5.74) is 27.1. The number of aromatic nitrogens is 12. The molecule has 0 unspecified atom stereocenters. The second-order valence-corrected chi connectivity index (χ2v) is 46.8. The third-order valence-electron chi connectivity index (χ3n) is 27.9. The number of nitrogens with zero attached hydrogens (tertiary/aromatic N) is 17. The normalized spacial score (nSPS) is 26.0. The van der Waals surface area contributed by atoms with E-state index < -0.39 is 134 Å². The fourth-order valence-electron chi connectivity index (χ4n) is 19.5. The number of fused-ring (bicyclic) bond motifs is 4. The van der Waals surface area contributed by atoms with Crippen molar-refractivity contribution in [2.24, 2.45) is 66.6 Å². The molecule has 8 aliphatic rings. The number of benzene rings is 2. The zero-order valence-electron chi connectivity index (χ0n) is 76.7. The number of halogens is 6. The molecule has 4 saturated carbocycles. The number of methoxy groups -OCH3 is 3. The highest BCUT2D eigenvalue weighted by Crippen LogP contribution is 2.55. The fraction of sp³-hybridized carbons (Fsp3) is 0.406. The molecule has 0 saturated heterocycles. The maximum absolute atomic E-state index is 15.1. The maximum Gasteiger partial charge on any atom is 0.232 e. The minimum atomic E-state index is -4.04. The van der Waals surface area contributed by atoms with Crippen LogP contribution in [0.1, 0.15) is 161 Å². The van der Waals surface area contributed by atoms with E-state index >= 15 is 13.2 Å². The first-order valence-corrected chi connectivity index (χ1v) is 51.0. The van der Waals surface area contributed by atoms with Gasteiger partial charge in [-0.15, -0.1) is 0 Å². The van der Waals surface area contributed by atoms with Crippen molar-refractivity contribution in [1.82, 2.24) is 59.8 Å². The molecule has 0 amide bonds. The highest BCUT2D eigenvalue weighted by molar-refractivity contribution is 7.94. The van der Waals surface area contributed by atoms with Crippen molar-refractivity contribution >= 4 is 112 Å². The van der Waals surface area contributed by atoms with Crippen LogP contribution in [-0.4, -0.2) is 193 Å². The first-order chi connectivity index (χ1) is 65.4. The first-order valence-electron chi connectivity index (χ1n) is 44.4. The number of pyridine rings is 8. The Bertz CT molecular complexity index is 7430. The number of rotatable bonds is 21. The van der Waals surface area contributed by atoms with Crippen LogP contribution in [-0.2, 0) is 87.2 Å². The molecule has 8 N–H and O–H groups in total. The summed E-state index contributed by atoms with van der Waals surface area (Å²) in [6, 6.07) is 23.0. The maximum atomic E-state index is 15.1. The summed E-state index contributed by atoms with van der Waals surface area (Å²) in [5, 5.41) is 2.44. The summed E-state index contributed by atoms with van der Waals surface area (Å²) in [4.78, 5) is 73.7. The Morgan fingerprint density at radius 3 is 1.23 bits per heavy atom. The average Bonchev–Trinajstić information content (AvgIpc) is 0.879. The van der Waals surface area contributed by atoms with Crippen molar-refractivity contribution in [1.29, 1.82) is 0 Å². The third kappa shape index (κ3) is 17.3. The third-order valence-corrected chi connectivity index (χ3v) is 38.9. The summed E-state index contributed by atoms with van der Waals surface area (Å²) in [6.45, 7) is 14.3. The van der Waals surface area contributed by atoms with E-state index in [0.717, 1.165) is 54.2 Å². The van der Waals surface area contributed by atoms with Crippen LogP contribution in [0.25, 0.3) is 48.6 Å². The van der Waals surface area contributed by atoms with E-state index in [1.165, 1.54) is 52.4 Å². The lowest BCUT2D eigenvalue weighted by molar-refractivity contribution is 0.383. The fourth-order valence-corrected chi connectivity index (χ4v) is 29.2. The van der Waals surface area contributed by atoms with Gasteiger partial charge in [0.15, 0.2) is 54.7 Å². The van der Waals surface area contributed by atoms with Gasteiger partial charge >= 0.3 is 0 Å². The van der Waals surface area contributed by atoms with E-state index in [0.29, 0.717) is 129 Å². The predicted octanol–water partition coefficient (Wildman–Crippen LogP) is 12.2. The second kappa shape index (κ2) is 35.8. The zero-order chi connectivity index (χ0) is 98.6. The van der Waals surface area contributed by atoms with Gasteiger partial charge in [-0.2, -0.15) is 0 Å². The SMILES string of the molecule is COc1cnc2c(Cc3cc([C@]4(C)CS(=O)(=O)[C@@](C)(C5CC5)C(N)=N4)c(F)cn3)nccc2c1.COc1cnc2c(Cc3ccc(F)c([C@]4(C)CS(=O)(=O)[C@@](CF)(C5CC5)C(N)=N4)c3)nccc2c1.COc1cnc2c(Cc3ccc(F)c([C@]4(C)CS(=O)(=O)[C@@](CF)(C5CC5)C(N)=N4)c3)nccc2n1.[C-]#[N+]c1cnc2c(Cc3ncc(F)c([C@]4(C)CS(=O)(=O)[C@@](C)(C5CC5)C(N)=N4)n3)nccc2c1. The molecular formula is C96H99F6N21O11S4. The van der Waals surface area contributed by atoms with Crippen molar-refractivity contribution in [3.05, 3.63) is 249 Å². The topological polar surface area (TPSA) is 477 Å². The summed E-state index contributed by atoms with van der Waals surface area (Å²) < 4.78 is 205. The molecule has 720 valence electrons. The molecule has 2 aromatic carbocycles. The molecule has 4 aliphatic carbocycles. The summed E-state index contributed by atoms with van der Waals surface area (Å²) >= 11 is 0. The molecule has 4 aliphatic heterocycles. The first kappa shape index (κ1) is 96.7. The lowest BCUT2D eigenvalue weighted by Gasteiger charge is -2.40. The standard InChI is InChI=1S/C25H26F2N4O3S.C24H25F2N5O3S.C24H26FN5O3S.C23H22FN7O2S/c1-24(14-35(32,33)25(13-26,17-4-5-17)23(28)31-24)19-9-15(3-6-20(19)27)10-21-22-16(7-8-29-21)11-18(34-2)12-30-22;1-23(13-35(32,33)24(12-25,15-4-5-15)22(27)31-23)16-9-14(3-6-17(16)26)10-19-21-18(7-8-28-19)30-20(34-2)11-29-21;1-23(13-34(31,32)24(2,15-4-5-15)22(26)30-23)18-9-16(28-12-19(18)25)10-20-21-14(6-7-27-20)8-17(33-3)11-29-21;1-22(12-34(32,33)23(2,14-4-5-14)21(25)31-22)20-16(24)11-28-18(30-20)9-17-19-13(6-7-27-17)8-15(26-3)10-29-19/h3,6-9,11-12,17H,4-5,10,13-14H2,1-2H3,(H2,28,31);3,6-9,11,15H,4-5,10,12-13H2,1-2H3,(H2,27,31);6-9,11-12,15H,4-5,10,13H2,1-3H3,(H2,26,30);6-8,10-11,14H,4-5,9,12H2,1-2H3,(H2,25,31)/t24-,25-;2*23-,24-;22-,23-/m0000/s1. The van der Waals surface area contributed by atoms with Gasteiger partial charge in [0.25, 0.3) is 0 Å². The van der Waals surface area contributed by atoms with Gasteiger partial charge in [0, 0.05) is 83.4 Å². The van der Waals surface area contributed by atoms with Gasteiger partial charge in [0.2, 0.25) is 11.6 Å². The number of alkyl halides is 2. The number of ether oxygens (including phenoxy) is 3. The molecule has 8 atom stereocenters. The molecule has 4 fully saturated rings. The predicted molar refractivity (Wildman–Crippen MR) is 508 cm³/mol. The van der Waals surface area contributed by atoms with Crippen LogP contribution in [0.4, 0.5) is 32.0 Å². The lowest BCUT2D eigenvalue weighted by Crippen LogP contribution is -2.61. The summed E-state index contributed by atoms with van der Waals surface area (Å²) in [6.07, 6.45) is 21.3. The zero-order valence-corrected chi connectivity index (χ0v) is 80.0. The Hall–Kier alpha value is -13.0. The van der Waals surface area contributed by atoms with E-state index in [9.17, 15) is 46.8 Å². The highest BCUT2D eigenvalue weighted by atomic mass is 32.2. The van der Waals surface area contributed by atoms with Gasteiger partial charge in [-0.05, 0) is 194 Å². The van der Waals surface area contributed by atoms with Crippen LogP contribution in [0.3, 0.4) is 0 Å². The smallest absolute Gasteiger partial charge is 0.232 e. The average molecular weight is 1970 g/mol. The Morgan fingerprint density at radius 2 is 0.790 bits per heavy atom. The van der Waals surface area contributed by atoms with E-state index in [1.807, 2.05) is 24.3 Å². The quantitative estimate of drug-likeness (QED) is 0.0383. The molecular weight excluding hydrogens is 1870 g/mol. The second-order valence-electron chi connectivity index (χ2n) is 37.5. The van der Waals surface area contributed by atoms with Crippen LogP contribution in [0.15, 0.2) is 167 Å². The van der Waals surface area contributed by atoms with Gasteiger partial charge in [0.1, 0.15) is 114 Å². The van der Waals surface area contributed by atoms with Gasteiger partial charge in [-0.3, -0.25) is 59.8 Å². The molecule has 32 nitrogen and oxygen atoms in total. The Balaban J connectivity index is 0.000000127. The van der Waals surface area contributed by atoms with E-state index in [4.69, 9.17) is 43.7 Å². The van der Waals surface area contributed by atoms with E-state index in [-0.39, 0.29) is 93.8 Å². The number of amidine groups is 4. The Kier molecular flexibility index (Phi) is 25.1. The number of sulfone groups is 4. The molecule has 12 aromatic rings. The summed E-state index contributed by atoms with van der Waals surface area (Å²) in [5.74, 6) is -3.85. The Morgan fingerprint density at radius 1 is 0.391 bits per heavy atom. The number of hydrogen-bond donors (Lipinski definition) is 4.